The lowest BCUT2D eigenvalue weighted by atomic mass is 9.96. The van der Waals surface area contributed by atoms with Gasteiger partial charge in [-0.2, -0.15) is 0 Å². The van der Waals surface area contributed by atoms with Crippen molar-refractivity contribution in [3.63, 3.8) is 0 Å². The molecule has 2 fully saturated rings. The smallest absolute Gasteiger partial charge is 0.132 e. The molecule has 0 aliphatic carbocycles. The van der Waals surface area contributed by atoms with Gasteiger partial charge < -0.3 is 19.6 Å². The summed E-state index contributed by atoms with van der Waals surface area (Å²) < 4.78 is 5.17. The highest BCUT2D eigenvalue weighted by molar-refractivity contribution is 5.40. The lowest BCUT2D eigenvalue weighted by Gasteiger charge is -2.26. The third-order valence-electron chi connectivity index (χ3n) is 5.33. The monoisotopic (exact) mass is 334 g/mol. The average Bonchev–Trinajstić information content (AvgIpc) is 2.82. The van der Waals surface area contributed by atoms with Gasteiger partial charge in [-0.1, -0.05) is 12.8 Å². The van der Waals surface area contributed by atoms with Crippen molar-refractivity contribution in [3.8, 4) is 0 Å². The van der Waals surface area contributed by atoms with E-state index in [4.69, 9.17) is 4.74 Å². The van der Waals surface area contributed by atoms with E-state index in [0.29, 0.717) is 18.4 Å². The zero-order chi connectivity index (χ0) is 16.8. The van der Waals surface area contributed by atoms with Crippen LogP contribution < -0.4 is 4.90 Å². The van der Waals surface area contributed by atoms with Crippen LogP contribution in [0.25, 0.3) is 0 Å². The van der Waals surface area contributed by atoms with E-state index in [-0.39, 0.29) is 6.61 Å². The maximum absolute atomic E-state index is 9.83. The molecule has 24 heavy (non-hydrogen) atoms. The van der Waals surface area contributed by atoms with Crippen LogP contribution in [0.15, 0.2) is 12.4 Å². The van der Waals surface area contributed by atoms with Gasteiger partial charge in [0.1, 0.15) is 12.1 Å². The molecule has 3 rings (SSSR count). The zero-order valence-corrected chi connectivity index (χ0v) is 14.7. The van der Waals surface area contributed by atoms with Gasteiger partial charge in [0.2, 0.25) is 0 Å². The van der Waals surface area contributed by atoms with Gasteiger partial charge in [-0.25, -0.2) is 9.97 Å². The molecule has 0 radical (unpaired) electrons. The summed E-state index contributed by atoms with van der Waals surface area (Å²) in [6.45, 7) is 6.11. The third kappa shape index (κ3) is 4.43. The van der Waals surface area contributed by atoms with E-state index in [2.05, 4.69) is 19.8 Å². The number of aliphatic hydroxyl groups excluding tert-OH is 1. The van der Waals surface area contributed by atoms with Gasteiger partial charge in [-0.05, 0) is 31.8 Å². The van der Waals surface area contributed by atoms with Crippen LogP contribution in [0.3, 0.4) is 0 Å². The largest absolute Gasteiger partial charge is 0.396 e. The third-order valence-corrected chi connectivity index (χ3v) is 5.33. The SMILES string of the molecule is COCc1cc(N2C[C@@H](CN3CCCCCC3)[C@@H](CO)C2)ncn1. The number of ether oxygens (including phenoxy) is 1. The number of anilines is 1. The zero-order valence-electron chi connectivity index (χ0n) is 14.7. The molecule has 0 bridgehead atoms. The van der Waals surface area contributed by atoms with Crippen LogP contribution in [-0.2, 0) is 11.3 Å². The van der Waals surface area contributed by atoms with Crippen LogP contribution >= 0.6 is 0 Å². The van der Waals surface area contributed by atoms with E-state index in [1.807, 2.05) is 6.07 Å². The summed E-state index contributed by atoms with van der Waals surface area (Å²) in [7, 11) is 1.68. The quantitative estimate of drug-likeness (QED) is 0.852. The second-order valence-electron chi connectivity index (χ2n) is 7.12. The second-order valence-corrected chi connectivity index (χ2v) is 7.12. The fraction of sp³-hybridized carbons (Fsp3) is 0.778. The van der Waals surface area contributed by atoms with Crippen molar-refractivity contribution in [2.45, 2.75) is 32.3 Å². The van der Waals surface area contributed by atoms with Crippen LogP contribution in [0.5, 0.6) is 0 Å². The lowest BCUT2D eigenvalue weighted by Crippen LogP contribution is -2.34. The van der Waals surface area contributed by atoms with Crippen LogP contribution in [-0.4, -0.2) is 66.4 Å². The van der Waals surface area contributed by atoms with Crippen molar-refractivity contribution in [1.29, 1.82) is 0 Å². The van der Waals surface area contributed by atoms with E-state index >= 15 is 0 Å². The molecule has 2 atom stereocenters. The first-order valence-corrected chi connectivity index (χ1v) is 9.18. The molecule has 6 nitrogen and oxygen atoms in total. The number of aromatic nitrogens is 2. The number of hydrogen-bond acceptors (Lipinski definition) is 6. The van der Waals surface area contributed by atoms with Gasteiger partial charge in [0, 0.05) is 45.3 Å². The summed E-state index contributed by atoms with van der Waals surface area (Å²) in [5.74, 6) is 1.79. The van der Waals surface area contributed by atoms with Crippen molar-refractivity contribution in [2.24, 2.45) is 11.8 Å². The summed E-state index contributed by atoms with van der Waals surface area (Å²) in [5, 5.41) is 9.83. The Morgan fingerprint density at radius 1 is 1.12 bits per heavy atom. The molecule has 0 amide bonds. The molecule has 0 aromatic carbocycles. The fourth-order valence-electron chi connectivity index (χ4n) is 3.98. The molecule has 3 heterocycles. The Labute approximate surface area is 144 Å². The highest BCUT2D eigenvalue weighted by Gasteiger charge is 2.34. The van der Waals surface area contributed by atoms with Gasteiger partial charge in [0.15, 0.2) is 0 Å². The Morgan fingerprint density at radius 3 is 2.58 bits per heavy atom. The van der Waals surface area contributed by atoms with E-state index in [9.17, 15) is 5.11 Å². The summed E-state index contributed by atoms with van der Waals surface area (Å²) in [5.41, 5.74) is 0.902. The van der Waals surface area contributed by atoms with Crippen LogP contribution in [0.1, 0.15) is 31.4 Å². The summed E-state index contributed by atoms with van der Waals surface area (Å²) in [6, 6.07) is 2.01. The number of nitrogens with zero attached hydrogens (tertiary/aromatic N) is 4. The summed E-state index contributed by atoms with van der Waals surface area (Å²) >= 11 is 0. The van der Waals surface area contributed by atoms with Crippen LogP contribution in [0.4, 0.5) is 5.82 Å². The van der Waals surface area contributed by atoms with Gasteiger partial charge >= 0.3 is 0 Å². The minimum absolute atomic E-state index is 0.255. The molecular formula is C18H30N4O2. The van der Waals surface area contributed by atoms with Gasteiger partial charge in [-0.15, -0.1) is 0 Å². The molecule has 2 aliphatic rings. The molecule has 2 aliphatic heterocycles. The Bertz CT molecular complexity index is 506. The van der Waals surface area contributed by atoms with Gasteiger partial charge in [0.25, 0.3) is 0 Å². The predicted octanol–water partition coefficient (Wildman–Crippen LogP) is 1.54. The highest BCUT2D eigenvalue weighted by atomic mass is 16.5. The molecule has 1 aromatic rings. The fourth-order valence-corrected chi connectivity index (χ4v) is 3.98. The number of likely N-dealkylation sites (tertiary alicyclic amines) is 1. The highest BCUT2D eigenvalue weighted by Crippen LogP contribution is 2.28. The minimum Gasteiger partial charge on any atom is -0.396 e. The molecule has 1 N–H and O–H groups in total. The molecule has 0 saturated carbocycles. The number of rotatable bonds is 6. The van der Waals surface area contributed by atoms with Crippen molar-refractivity contribution < 1.29 is 9.84 Å². The Hall–Kier alpha value is -1.24. The lowest BCUT2D eigenvalue weighted by molar-refractivity contribution is 0.165. The first-order valence-electron chi connectivity index (χ1n) is 9.18. The van der Waals surface area contributed by atoms with E-state index in [0.717, 1.165) is 31.1 Å². The topological polar surface area (TPSA) is 61.7 Å². The van der Waals surface area contributed by atoms with E-state index in [1.165, 1.54) is 38.8 Å². The summed E-state index contributed by atoms with van der Waals surface area (Å²) in [6.07, 6.45) is 6.96. The first kappa shape index (κ1) is 17.6. The molecule has 134 valence electrons. The minimum atomic E-state index is 0.255. The van der Waals surface area contributed by atoms with Crippen molar-refractivity contribution >= 4 is 5.82 Å². The Balaban J connectivity index is 1.64. The number of hydrogen-bond donors (Lipinski definition) is 1. The molecule has 2 saturated heterocycles. The van der Waals surface area contributed by atoms with E-state index in [1.54, 1.807) is 13.4 Å². The molecule has 0 unspecified atom stereocenters. The van der Waals surface area contributed by atoms with Crippen LogP contribution in [0.2, 0.25) is 0 Å². The molecule has 0 spiro atoms. The molecule has 6 heteroatoms. The maximum Gasteiger partial charge on any atom is 0.132 e. The molecular weight excluding hydrogens is 304 g/mol. The Kier molecular flexibility index (Phi) is 6.40. The van der Waals surface area contributed by atoms with Gasteiger partial charge in [-0.3, -0.25) is 0 Å². The van der Waals surface area contributed by atoms with Crippen molar-refractivity contribution in [1.82, 2.24) is 14.9 Å². The number of aliphatic hydroxyl groups is 1. The normalized spacial score (nSPS) is 25.8. The first-order chi connectivity index (χ1) is 11.8. The van der Waals surface area contributed by atoms with Crippen LogP contribution in [0, 0.1) is 11.8 Å². The standard InChI is InChI=1S/C18H30N4O2/c1-24-13-17-8-18(20-14-19-17)22-10-15(16(11-22)12-23)9-21-6-4-2-3-5-7-21/h8,14-16,23H,2-7,9-13H2,1H3/t15-,16-/m1/s1. The van der Waals surface area contributed by atoms with Crippen molar-refractivity contribution in [3.05, 3.63) is 18.1 Å². The van der Waals surface area contributed by atoms with Gasteiger partial charge in [0.05, 0.1) is 12.3 Å². The maximum atomic E-state index is 9.83. The summed E-state index contributed by atoms with van der Waals surface area (Å²) in [4.78, 5) is 13.6. The predicted molar refractivity (Wildman–Crippen MR) is 93.9 cm³/mol. The van der Waals surface area contributed by atoms with E-state index < -0.39 is 0 Å². The second kappa shape index (κ2) is 8.74. The molecule has 1 aromatic heterocycles. The van der Waals surface area contributed by atoms with Crippen molar-refractivity contribution in [2.75, 3.05) is 51.3 Å². The average molecular weight is 334 g/mol. The number of methoxy groups -OCH3 is 1. The Morgan fingerprint density at radius 2 is 1.88 bits per heavy atom.